The van der Waals surface area contributed by atoms with E-state index in [0.717, 1.165) is 35.2 Å². The Morgan fingerprint density at radius 3 is 2.57 bits per heavy atom. The average Bonchev–Trinajstić information content (AvgIpc) is 2.75. The van der Waals surface area contributed by atoms with E-state index in [9.17, 15) is 9.59 Å². The highest BCUT2D eigenvalue weighted by Crippen LogP contribution is 2.30. The van der Waals surface area contributed by atoms with Crippen LogP contribution in [0, 0.1) is 13.8 Å². The Bertz CT molecular complexity index is 1140. The topological polar surface area (TPSA) is 49.4 Å². The minimum absolute atomic E-state index is 0.00796. The summed E-state index contributed by atoms with van der Waals surface area (Å²) in [7, 11) is 0. The van der Waals surface area contributed by atoms with Crippen molar-refractivity contribution >= 4 is 34.8 Å². The number of rotatable bonds is 3. The fourth-order valence-electron chi connectivity index (χ4n) is 3.82. The van der Waals surface area contributed by atoms with Crippen LogP contribution in [0.15, 0.2) is 60.7 Å². The van der Waals surface area contributed by atoms with Gasteiger partial charge in [-0.3, -0.25) is 9.59 Å². The molecule has 4 nitrogen and oxygen atoms in total. The van der Waals surface area contributed by atoms with Gasteiger partial charge < -0.3 is 10.2 Å². The first-order valence-corrected chi connectivity index (χ1v) is 10.4. The molecule has 0 fully saturated rings. The minimum atomic E-state index is -0.190. The van der Waals surface area contributed by atoms with Crippen LogP contribution in [0.25, 0.3) is 0 Å². The van der Waals surface area contributed by atoms with Gasteiger partial charge in [0.25, 0.3) is 11.8 Å². The smallest absolute Gasteiger partial charge is 0.258 e. The molecule has 1 N–H and O–H groups in total. The molecule has 0 unspecified atom stereocenters. The van der Waals surface area contributed by atoms with Crippen LogP contribution in [0.2, 0.25) is 5.02 Å². The number of anilines is 2. The molecular weight excluding hydrogens is 396 g/mol. The van der Waals surface area contributed by atoms with Crippen molar-refractivity contribution in [3.8, 4) is 0 Å². The van der Waals surface area contributed by atoms with Crippen molar-refractivity contribution in [2.75, 3.05) is 16.8 Å². The van der Waals surface area contributed by atoms with Gasteiger partial charge in [0, 0.05) is 34.1 Å². The number of hydrogen-bond acceptors (Lipinski definition) is 2. The van der Waals surface area contributed by atoms with E-state index in [1.807, 2.05) is 67.3 Å². The molecule has 0 saturated heterocycles. The first kappa shape index (κ1) is 20.2. The lowest BCUT2D eigenvalue weighted by molar-refractivity contribution is 0.0984. The van der Waals surface area contributed by atoms with E-state index in [0.29, 0.717) is 28.4 Å². The third kappa shape index (κ3) is 3.96. The lowest BCUT2D eigenvalue weighted by Crippen LogP contribution is -2.35. The highest BCUT2D eigenvalue weighted by molar-refractivity contribution is 6.31. The molecule has 0 atom stereocenters. The van der Waals surface area contributed by atoms with Gasteiger partial charge in [-0.15, -0.1) is 0 Å². The van der Waals surface area contributed by atoms with Crippen LogP contribution in [-0.4, -0.2) is 18.4 Å². The molecule has 0 bridgehead atoms. The number of aryl methyl sites for hydroxylation is 2. The highest BCUT2D eigenvalue weighted by atomic mass is 35.5. The van der Waals surface area contributed by atoms with Crippen molar-refractivity contribution in [3.05, 3.63) is 93.5 Å². The van der Waals surface area contributed by atoms with Gasteiger partial charge >= 0.3 is 0 Å². The minimum Gasteiger partial charge on any atom is -0.322 e. The van der Waals surface area contributed by atoms with Crippen molar-refractivity contribution in [1.82, 2.24) is 0 Å². The molecule has 5 heteroatoms. The Kier molecular flexibility index (Phi) is 5.60. The second-order valence-electron chi connectivity index (χ2n) is 7.64. The summed E-state index contributed by atoms with van der Waals surface area (Å²) in [6.07, 6.45) is 1.70. The number of halogens is 1. The largest absolute Gasteiger partial charge is 0.322 e. The van der Waals surface area contributed by atoms with Crippen molar-refractivity contribution in [2.45, 2.75) is 26.7 Å². The summed E-state index contributed by atoms with van der Waals surface area (Å²) >= 11 is 6.16. The molecule has 30 heavy (non-hydrogen) atoms. The van der Waals surface area contributed by atoms with Crippen molar-refractivity contribution in [3.63, 3.8) is 0 Å². The van der Waals surface area contributed by atoms with Crippen LogP contribution in [0.3, 0.4) is 0 Å². The van der Waals surface area contributed by atoms with Crippen LogP contribution >= 0.6 is 11.6 Å². The number of carbonyl (C=O) groups excluding carboxylic acids is 2. The monoisotopic (exact) mass is 418 g/mol. The summed E-state index contributed by atoms with van der Waals surface area (Å²) in [6.45, 7) is 4.53. The molecule has 0 spiro atoms. The van der Waals surface area contributed by atoms with Crippen molar-refractivity contribution < 1.29 is 9.59 Å². The van der Waals surface area contributed by atoms with Crippen LogP contribution in [0.1, 0.15) is 43.8 Å². The number of fused-ring (bicyclic) bond motifs is 1. The summed E-state index contributed by atoms with van der Waals surface area (Å²) in [5.74, 6) is -0.197. The first-order chi connectivity index (χ1) is 14.4. The van der Waals surface area contributed by atoms with Crippen molar-refractivity contribution in [1.29, 1.82) is 0 Å². The number of benzene rings is 3. The van der Waals surface area contributed by atoms with Crippen LogP contribution in [-0.2, 0) is 6.42 Å². The van der Waals surface area contributed by atoms with Gasteiger partial charge in [0.2, 0.25) is 0 Å². The highest BCUT2D eigenvalue weighted by Gasteiger charge is 2.24. The van der Waals surface area contributed by atoms with E-state index in [1.165, 1.54) is 0 Å². The molecule has 4 rings (SSSR count). The molecule has 1 aliphatic rings. The van der Waals surface area contributed by atoms with Gasteiger partial charge in [0.05, 0.1) is 0 Å². The Morgan fingerprint density at radius 2 is 1.77 bits per heavy atom. The zero-order valence-corrected chi connectivity index (χ0v) is 17.8. The third-order valence-corrected chi connectivity index (χ3v) is 5.90. The molecule has 1 heterocycles. The van der Waals surface area contributed by atoms with Crippen LogP contribution in [0.5, 0.6) is 0 Å². The summed E-state index contributed by atoms with van der Waals surface area (Å²) in [4.78, 5) is 27.7. The van der Waals surface area contributed by atoms with E-state index in [-0.39, 0.29) is 11.8 Å². The molecule has 152 valence electrons. The maximum absolute atomic E-state index is 13.1. The Balaban J connectivity index is 1.59. The van der Waals surface area contributed by atoms with Crippen molar-refractivity contribution in [2.24, 2.45) is 0 Å². The molecule has 1 aliphatic heterocycles. The summed E-state index contributed by atoms with van der Waals surface area (Å²) in [5.41, 5.74) is 5.73. The SMILES string of the molecule is Cc1cccc(C(=O)N2CCCc3cc(C(=O)Nc4cccc(Cl)c4C)ccc32)c1. The molecule has 3 aromatic rings. The molecule has 0 radical (unpaired) electrons. The lowest BCUT2D eigenvalue weighted by Gasteiger charge is -2.30. The van der Waals surface area contributed by atoms with Gasteiger partial charge in [-0.2, -0.15) is 0 Å². The second kappa shape index (κ2) is 8.33. The quantitative estimate of drug-likeness (QED) is 0.584. The first-order valence-electron chi connectivity index (χ1n) is 10.0. The fourth-order valence-corrected chi connectivity index (χ4v) is 4.00. The van der Waals surface area contributed by atoms with Gasteiger partial charge in [-0.05, 0) is 80.3 Å². The number of amides is 2. The maximum atomic E-state index is 13.1. The maximum Gasteiger partial charge on any atom is 0.258 e. The Labute approximate surface area is 181 Å². The third-order valence-electron chi connectivity index (χ3n) is 5.49. The van der Waals surface area contributed by atoms with E-state index < -0.39 is 0 Å². The molecule has 0 aromatic heterocycles. The normalized spacial score (nSPS) is 13.0. The average molecular weight is 419 g/mol. The van der Waals surface area contributed by atoms with E-state index in [2.05, 4.69) is 5.32 Å². The fraction of sp³-hybridized carbons (Fsp3) is 0.200. The predicted molar refractivity (Wildman–Crippen MR) is 122 cm³/mol. The zero-order chi connectivity index (χ0) is 21.3. The van der Waals surface area contributed by atoms with Gasteiger partial charge in [-0.25, -0.2) is 0 Å². The Hall–Kier alpha value is -3.11. The van der Waals surface area contributed by atoms with Gasteiger partial charge in [0.15, 0.2) is 0 Å². The van der Waals surface area contributed by atoms with E-state index in [1.54, 1.807) is 12.1 Å². The predicted octanol–water partition coefficient (Wildman–Crippen LogP) is 5.80. The molecule has 0 aliphatic carbocycles. The van der Waals surface area contributed by atoms with E-state index >= 15 is 0 Å². The molecule has 0 saturated carbocycles. The molecular formula is C25H23ClN2O2. The zero-order valence-electron chi connectivity index (χ0n) is 17.0. The molecule has 2 amide bonds. The Morgan fingerprint density at radius 1 is 0.967 bits per heavy atom. The number of carbonyl (C=O) groups is 2. The van der Waals surface area contributed by atoms with Gasteiger partial charge in [-0.1, -0.05) is 35.4 Å². The number of nitrogens with one attached hydrogen (secondary N) is 1. The van der Waals surface area contributed by atoms with E-state index in [4.69, 9.17) is 11.6 Å². The second-order valence-corrected chi connectivity index (χ2v) is 8.05. The van der Waals surface area contributed by atoms with Gasteiger partial charge in [0.1, 0.15) is 0 Å². The summed E-state index contributed by atoms with van der Waals surface area (Å²) in [5, 5.41) is 3.55. The standard InChI is InChI=1S/C25H23ClN2O2/c1-16-6-3-7-20(14-16)25(30)28-13-5-8-18-15-19(11-12-23(18)28)24(29)27-22-10-4-9-21(26)17(22)2/h3-4,6-7,9-12,14-15H,5,8,13H2,1-2H3,(H,27,29). The van der Waals surface area contributed by atoms with Crippen LogP contribution < -0.4 is 10.2 Å². The summed E-state index contributed by atoms with van der Waals surface area (Å²) < 4.78 is 0. The summed E-state index contributed by atoms with van der Waals surface area (Å²) in [6, 6.07) is 18.6. The molecule has 3 aromatic carbocycles. The van der Waals surface area contributed by atoms with Crippen LogP contribution in [0.4, 0.5) is 11.4 Å². The lowest BCUT2D eigenvalue weighted by atomic mass is 9.98. The number of nitrogens with zero attached hydrogens (tertiary/aromatic N) is 1. The number of hydrogen-bond donors (Lipinski definition) is 1.